The standard InChI is InChI=1S/C6H12O2.C2H6/c1-5-3-8-4-6(5,2)7;1-2/h5,7H,3-4H2,1-2H3;1-2H3/t5-,6?;/m1./s1. The molecule has 0 amide bonds. The van der Waals surface area contributed by atoms with Gasteiger partial charge in [0, 0.05) is 5.92 Å². The first kappa shape index (κ1) is 9.92. The summed E-state index contributed by atoms with van der Waals surface area (Å²) in [5, 5.41) is 9.34. The molecule has 0 aliphatic carbocycles. The van der Waals surface area contributed by atoms with Crippen molar-refractivity contribution >= 4 is 0 Å². The summed E-state index contributed by atoms with van der Waals surface area (Å²) in [6.07, 6.45) is 0. The first-order valence-corrected chi connectivity index (χ1v) is 3.93. The Morgan fingerprint density at radius 3 is 2.10 bits per heavy atom. The van der Waals surface area contributed by atoms with Crippen molar-refractivity contribution in [3.8, 4) is 0 Å². The van der Waals surface area contributed by atoms with E-state index in [1.807, 2.05) is 27.7 Å². The zero-order valence-corrected chi connectivity index (χ0v) is 7.35. The zero-order valence-electron chi connectivity index (χ0n) is 7.35. The van der Waals surface area contributed by atoms with Crippen LogP contribution in [0.3, 0.4) is 0 Å². The molecule has 0 aromatic rings. The van der Waals surface area contributed by atoms with Crippen molar-refractivity contribution in [1.82, 2.24) is 0 Å². The molecule has 0 saturated carbocycles. The van der Waals surface area contributed by atoms with Crippen LogP contribution in [0, 0.1) is 5.92 Å². The van der Waals surface area contributed by atoms with Crippen molar-refractivity contribution in [2.24, 2.45) is 5.92 Å². The molecule has 0 spiro atoms. The minimum atomic E-state index is -0.569. The molecule has 1 heterocycles. The van der Waals surface area contributed by atoms with Gasteiger partial charge in [-0.05, 0) is 6.92 Å². The van der Waals surface area contributed by atoms with Crippen LogP contribution < -0.4 is 0 Å². The molecule has 2 nitrogen and oxygen atoms in total. The summed E-state index contributed by atoms with van der Waals surface area (Å²) < 4.78 is 5.02. The Morgan fingerprint density at radius 2 is 2.00 bits per heavy atom. The second-order valence-corrected chi connectivity index (χ2v) is 2.77. The van der Waals surface area contributed by atoms with Crippen LogP contribution in [0.2, 0.25) is 0 Å². The topological polar surface area (TPSA) is 29.5 Å². The maximum Gasteiger partial charge on any atom is 0.0899 e. The maximum atomic E-state index is 9.34. The molecule has 0 radical (unpaired) electrons. The molecule has 62 valence electrons. The zero-order chi connectivity index (χ0) is 8.20. The average molecular weight is 146 g/mol. The van der Waals surface area contributed by atoms with Gasteiger partial charge in [-0.3, -0.25) is 0 Å². The van der Waals surface area contributed by atoms with Gasteiger partial charge >= 0.3 is 0 Å². The molecule has 1 rings (SSSR count). The van der Waals surface area contributed by atoms with Gasteiger partial charge in [0.05, 0.1) is 18.8 Å². The van der Waals surface area contributed by atoms with E-state index in [0.29, 0.717) is 19.1 Å². The maximum absolute atomic E-state index is 9.34. The molecule has 0 bridgehead atoms. The minimum Gasteiger partial charge on any atom is -0.387 e. The van der Waals surface area contributed by atoms with Crippen molar-refractivity contribution in [3.63, 3.8) is 0 Å². The summed E-state index contributed by atoms with van der Waals surface area (Å²) in [6.45, 7) is 9.00. The van der Waals surface area contributed by atoms with E-state index < -0.39 is 5.60 Å². The van der Waals surface area contributed by atoms with Gasteiger partial charge in [0.15, 0.2) is 0 Å². The molecule has 10 heavy (non-hydrogen) atoms. The monoisotopic (exact) mass is 146 g/mol. The molecule has 2 atom stereocenters. The van der Waals surface area contributed by atoms with Crippen molar-refractivity contribution in [1.29, 1.82) is 0 Å². The Bertz CT molecular complexity index is 89.3. The predicted octanol–water partition coefficient (Wildman–Crippen LogP) is 1.43. The van der Waals surface area contributed by atoms with Crippen LogP contribution in [0.1, 0.15) is 27.7 Å². The molecule has 0 aromatic carbocycles. The molecule has 1 unspecified atom stereocenters. The number of rotatable bonds is 0. The molecule has 1 N–H and O–H groups in total. The van der Waals surface area contributed by atoms with E-state index in [9.17, 15) is 5.11 Å². The summed E-state index contributed by atoms with van der Waals surface area (Å²) in [6, 6.07) is 0. The molecule has 1 aliphatic rings. The molecular formula is C8H18O2. The third-order valence-corrected chi connectivity index (χ3v) is 1.82. The van der Waals surface area contributed by atoms with Gasteiger partial charge in [0.25, 0.3) is 0 Å². The lowest BCUT2D eigenvalue weighted by molar-refractivity contribution is 0.0233. The van der Waals surface area contributed by atoms with Gasteiger partial charge in [0.1, 0.15) is 0 Å². The van der Waals surface area contributed by atoms with Crippen LogP contribution in [-0.2, 0) is 4.74 Å². The van der Waals surface area contributed by atoms with Crippen LogP contribution >= 0.6 is 0 Å². The van der Waals surface area contributed by atoms with E-state index in [1.54, 1.807) is 0 Å². The first-order valence-electron chi connectivity index (χ1n) is 3.93. The third kappa shape index (κ3) is 2.27. The van der Waals surface area contributed by atoms with Gasteiger partial charge < -0.3 is 9.84 Å². The highest BCUT2D eigenvalue weighted by Crippen LogP contribution is 2.23. The van der Waals surface area contributed by atoms with Crippen molar-refractivity contribution < 1.29 is 9.84 Å². The van der Waals surface area contributed by atoms with Gasteiger partial charge in [0.2, 0.25) is 0 Å². The third-order valence-electron chi connectivity index (χ3n) is 1.82. The van der Waals surface area contributed by atoms with Gasteiger partial charge in [-0.25, -0.2) is 0 Å². The van der Waals surface area contributed by atoms with Crippen LogP contribution in [-0.4, -0.2) is 23.9 Å². The second kappa shape index (κ2) is 3.94. The molecule has 0 aromatic heterocycles. The van der Waals surface area contributed by atoms with Crippen LogP contribution in [0.5, 0.6) is 0 Å². The molecule has 1 saturated heterocycles. The fourth-order valence-electron chi connectivity index (χ4n) is 0.764. The summed E-state index contributed by atoms with van der Waals surface area (Å²) in [4.78, 5) is 0. The quantitative estimate of drug-likeness (QED) is 0.560. The van der Waals surface area contributed by atoms with Gasteiger partial charge in [-0.15, -0.1) is 0 Å². The van der Waals surface area contributed by atoms with Crippen molar-refractivity contribution in [2.45, 2.75) is 33.3 Å². The van der Waals surface area contributed by atoms with E-state index in [0.717, 1.165) is 0 Å². The van der Waals surface area contributed by atoms with Crippen LogP contribution in [0.4, 0.5) is 0 Å². The van der Waals surface area contributed by atoms with Gasteiger partial charge in [-0.2, -0.15) is 0 Å². The average Bonchev–Trinajstić information content (AvgIpc) is 2.17. The highest BCUT2D eigenvalue weighted by atomic mass is 16.5. The molecule has 2 heteroatoms. The van der Waals surface area contributed by atoms with Crippen molar-refractivity contribution in [3.05, 3.63) is 0 Å². The molecular weight excluding hydrogens is 128 g/mol. The number of aliphatic hydroxyl groups is 1. The summed E-state index contributed by atoms with van der Waals surface area (Å²) in [7, 11) is 0. The minimum absolute atomic E-state index is 0.294. The molecule has 1 aliphatic heterocycles. The van der Waals surface area contributed by atoms with Crippen LogP contribution in [0.25, 0.3) is 0 Å². The smallest absolute Gasteiger partial charge is 0.0899 e. The Morgan fingerprint density at radius 1 is 1.50 bits per heavy atom. The lowest BCUT2D eigenvalue weighted by Crippen LogP contribution is -2.30. The predicted molar refractivity (Wildman–Crippen MR) is 42.0 cm³/mol. The fourth-order valence-corrected chi connectivity index (χ4v) is 0.764. The number of hydrogen-bond donors (Lipinski definition) is 1. The SMILES string of the molecule is CC.C[C@@H]1COCC1(C)O. The Kier molecular flexibility index (Phi) is 3.91. The Hall–Kier alpha value is -0.0800. The Labute approximate surface area is 63.2 Å². The van der Waals surface area contributed by atoms with Gasteiger partial charge in [-0.1, -0.05) is 20.8 Å². The molecule has 1 fully saturated rings. The summed E-state index contributed by atoms with van der Waals surface area (Å²) >= 11 is 0. The van der Waals surface area contributed by atoms with E-state index in [2.05, 4.69) is 0 Å². The second-order valence-electron chi connectivity index (χ2n) is 2.77. The largest absolute Gasteiger partial charge is 0.387 e. The highest BCUT2D eigenvalue weighted by Gasteiger charge is 2.34. The number of hydrogen-bond acceptors (Lipinski definition) is 2. The lowest BCUT2D eigenvalue weighted by atomic mass is 9.95. The van der Waals surface area contributed by atoms with E-state index >= 15 is 0 Å². The fraction of sp³-hybridized carbons (Fsp3) is 1.00. The van der Waals surface area contributed by atoms with E-state index in [1.165, 1.54) is 0 Å². The summed E-state index contributed by atoms with van der Waals surface area (Å²) in [5.74, 6) is 0.294. The van der Waals surface area contributed by atoms with Crippen LogP contribution in [0.15, 0.2) is 0 Å². The first-order chi connectivity index (χ1) is 4.63. The Balaban J connectivity index is 0.000000371. The lowest BCUT2D eigenvalue weighted by Gasteiger charge is -2.18. The van der Waals surface area contributed by atoms with E-state index in [-0.39, 0.29) is 0 Å². The summed E-state index contributed by atoms with van der Waals surface area (Å²) in [5.41, 5.74) is -0.569. The highest BCUT2D eigenvalue weighted by molar-refractivity contribution is 4.83. The van der Waals surface area contributed by atoms with Crippen molar-refractivity contribution in [2.75, 3.05) is 13.2 Å². The van der Waals surface area contributed by atoms with E-state index in [4.69, 9.17) is 4.74 Å². The number of ether oxygens (including phenoxy) is 1. The normalized spacial score (nSPS) is 38.7.